The van der Waals surface area contributed by atoms with Crippen LogP contribution in [-0.4, -0.2) is 12.5 Å². The predicted molar refractivity (Wildman–Crippen MR) is 160 cm³/mol. The molecule has 5 heteroatoms. The maximum Gasteiger partial charge on any atom is 0.255 e. The molecule has 0 aliphatic rings. The third kappa shape index (κ3) is 12.3. The number of nitrogens with zero attached hydrogens (tertiary/aromatic N) is 1. The average Bonchev–Trinajstić information content (AvgIpc) is 3.45. The van der Waals surface area contributed by atoms with Crippen molar-refractivity contribution in [3.8, 4) is 5.75 Å². The van der Waals surface area contributed by atoms with E-state index >= 15 is 0 Å². The lowest BCUT2D eigenvalue weighted by Crippen LogP contribution is -2.30. The first-order chi connectivity index (χ1) is 18.7. The first-order valence-corrected chi connectivity index (χ1v) is 15.7. The van der Waals surface area contributed by atoms with Crippen molar-refractivity contribution in [2.75, 3.05) is 11.9 Å². The molecule has 0 bridgehead atoms. The van der Waals surface area contributed by atoms with Crippen LogP contribution in [0.15, 0.2) is 65.6 Å². The Labute approximate surface area is 234 Å². The monoisotopic (exact) mass is 535 g/mol. The maximum absolute atomic E-state index is 12.6. The summed E-state index contributed by atoms with van der Waals surface area (Å²) in [6.45, 7) is 3.85. The highest BCUT2D eigenvalue weighted by Crippen LogP contribution is 2.17. The lowest BCUT2D eigenvalue weighted by atomic mass is 10.0. The second kappa shape index (κ2) is 18.6. The molecule has 38 heavy (non-hydrogen) atoms. The molecule has 1 N–H and O–H groups in total. The smallest absolute Gasteiger partial charge is 0.255 e. The van der Waals surface area contributed by atoms with E-state index in [-0.39, 0.29) is 5.91 Å². The topological polar surface area (TPSA) is 42.2 Å². The molecule has 0 spiro atoms. The Balaban J connectivity index is 1.20. The molecule has 1 amide bonds. The quantitative estimate of drug-likeness (QED) is 0.116. The molecule has 0 unspecified atom stereocenters. The SMILES string of the molecule is CCCCCCCCCCCCCCCCOc1ccc(C(=O)Nc2ccc(C[n+]3ccsc3)cc2)cc1. The zero-order chi connectivity index (χ0) is 26.7. The number of carbonyl (C=O) groups is 1. The van der Waals surface area contributed by atoms with Gasteiger partial charge in [-0.05, 0) is 42.8 Å². The Bertz CT molecular complexity index is 1000. The Morgan fingerprint density at radius 2 is 1.34 bits per heavy atom. The van der Waals surface area contributed by atoms with Crippen LogP contribution < -0.4 is 14.6 Å². The van der Waals surface area contributed by atoms with E-state index in [4.69, 9.17) is 4.74 Å². The van der Waals surface area contributed by atoms with Gasteiger partial charge >= 0.3 is 0 Å². The number of rotatable bonds is 20. The van der Waals surface area contributed by atoms with Crippen LogP contribution >= 0.6 is 11.3 Å². The van der Waals surface area contributed by atoms with Gasteiger partial charge in [0.1, 0.15) is 5.75 Å². The second-order valence-corrected chi connectivity index (χ2v) is 11.1. The molecular formula is C33H47N2O2S+. The van der Waals surface area contributed by atoms with Crippen LogP contribution in [0.2, 0.25) is 0 Å². The van der Waals surface area contributed by atoms with Crippen LogP contribution in [0.4, 0.5) is 5.69 Å². The highest BCUT2D eigenvalue weighted by molar-refractivity contribution is 7.07. The molecule has 3 aromatic rings. The molecule has 1 aromatic heterocycles. The van der Waals surface area contributed by atoms with Gasteiger partial charge in [0.15, 0.2) is 12.7 Å². The van der Waals surface area contributed by atoms with Crippen molar-refractivity contribution in [3.63, 3.8) is 0 Å². The number of thiazole rings is 1. The molecule has 0 fully saturated rings. The summed E-state index contributed by atoms with van der Waals surface area (Å²) in [6, 6.07) is 15.4. The van der Waals surface area contributed by atoms with Gasteiger partial charge in [-0.1, -0.05) is 114 Å². The lowest BCUT2D eigenvalue weighted by Gasteiger charge is -2.08. The first kappa shape index (κ1) is 29.9. The largest absolute Gasteiger partial charge is 0.494 e. The number of ether oxygens (including phenoxy) is 1. The summed E-state index contributed by atoms with van der Waals surface area (Å²) in [6.07, 6.45) is 21.1. The molecule has 0 saturated heterocycles. The van der Waals surface area contributed by atoms with Crippen LogP contribution in [0.25, 0.3) is 0 Å². The van der Waals surface area contributed by atoms with E-state index in [0.717, 1.165) is 31.0 Å². The van der Waals surface area contributed by atoms with Gasteiger partial charge < -0.3 is 10.1 Å². The Hall–Kier alpha value is -2.66. The van der Waals surface area contributed by atoms with Crippen molar-refractivity contribution in [1.29, 1.82) is 0 Å². The molecule has 1 heterocycles. The van der Waals surface area contributed by atoms with Crippen LogP contribution in [0.3, 0.4) is 0 Å². The number of carbonyl (C=O) groups excluding carboxylic acids is 1. The Morgan fingerprint density at radius 3 is 1.89 bits per heavy atom. The number of nitrogens with one attached hydrogen (secondary N) is 1. The van der Waals surface area contributed by atoms with E-state index in [1.54, 1.807) is 11.3 Å². The molecule has 4 nitrogen and oxygen atoms in total. The van der Waals surface area contributed by atoms with Crippen LogP contribution in [0.1, 0.15) is 113 Å². The van der Waals surface area contributed by atoms with Gasteiger partial charge in [-0.3, -0.25) is 4.79 Å². The summed E-state index contributed by atoms with van der Waals surface area (Å²) in [5, 5.41) is 5.04. The van der Waals surface area contributed by atoms with Gasteiger partial charge in [-0.2, -0.15) is 4.57 Å². The molecule has 3 rings (SSSR count). The Kier molecular flexibility index (Phi) is 14.6. The molecule has 0 radical (unpaired) electrons. The number of aromatic nitrogens is 1. The number of amides is 1. The van der Waals surface area contributed by atoms with E-state index in [1.165, 1.54) is 89.0 Å². The Morgan fingerprint density at radius 1 is 0.763 bits per heavy atom. The van der Waals surface area contributed by atoms with Gasteiger partial charge in [0.2, 0.25) is 5.51 Å². The molecule has 2 aromatic carbocycles. The summed E-state index contributed by atoms with van der Waals surface area (Å²) >= 11 is 1.68. The number of benzene rings is 2. The van der Waals surface area contributed by atoms with E-state index in [9.17, 15) is 4.79 Å². The van der Waals surface area contributed by atoms with Crippen molar-refractivity contribution in [2.24, 2.45) is 0 Å². The lowest BCUT2D eigenvalue weighted by molar-refractivity contribution is -0.683. The fourth-order valence-electron chi connectivity index (χ4n) is 4.65. The highest BCUT2D eigenvalue weighted by atomic mass is 32.1. The molecule has 206 valence electrons. The number of hydrogen-bond donors (Lipinski definition) is 1. The minimum atomic E-state index is -0.108. The van der Waals surface area contributed by atoms with E-state index < -0.39 is 0 Å². The van der Waals surface area contributed by atoms with Crippen molar-refractivity contribution >= 4 is 22.9 Å². The van der Waals surface area contributed by atoms with Gasteiger partial charge in [-0.15, -0.1) is 0 Å². The standard InChI is InChI=1S/C33H46N2O2S/c1-2-3-4-5-6-7-8-9-10-11-12-13-14-15-25-37-32-22-18-30(19-23-32)33(36)34-31-20-16-29(17-21-31)27-35-24-26-38-28-35/h16-24,26,28H,2-15,25,27H2,1H3/p+1. The van der Waals surface area contributed by atoms with Crippen LogP contribution in [0, 0.1) is 0 Å². The minimum absolute atomic E-state index is 0.108. The van der Waals surface area contributed by atoms with Gasteiger partial charge in [0.05, 0.1) is 12.0 Å². The van der Waals surface area contributed by atoms with Crippen LogP contribution in [-0.2, 0) is 6.54 Å². The van der Waals surface area contributed by atoms with E-state index in [2.05, 4.69) is 46.0 Å². The highest BCUT2D eigenvalue weighted by Gasteiger charge is 2.08. The summed E-state index contributed by atoms with van der Waals surface area (Å²) in [4.78, 5) is 12.6. The van der Waals surface area contributed by atoms with Gasteiger partial charge in [0, 0.05) is 16.8 Å². The molecule has 0 aliphatic heterocycles. The van der Waals surface area contributed by atoms with Crippen molar-refractivity contribution in [2.45, 2.75) is 103 Å². The summed E-state index contributed by atoms with van der Waals surface area (Å²) < 4.78 is 8.03. The van der Waals surface area contributed by atoms with Crippen LogP contribution in [0.5, 0.6) is 5.75 Å². The number of anilines is 1. The van der Waals surface area contributed by atoms with E-state index in [1.807, 2.05) is 36.4 Å². The first-order valence-electron chi connectivity index (χ1n) is 14.8. The summed E-state index contributed by atoms with van der Waals surface area (Å²) in [5.74, 6) is 0.718. The van der Waals surface area contributed by atoms with Crippen molar-refractivity contribution in [3.05, 3.63) is 76.7 Å². The fraction of sp³-hybridized carbons (Fsp3) is 0.515. The number of unbranched alkanes of at least 4 members (excludes halogenated alkanes) is 13. The van der Waals surface area contributed by atoms with Gasteiger partial charge in [0.25, 0.3) is 5.91 Å². The maximum atomic E-state index is 12.6. The fourth-order valence-corrected chi connectivity index (χ4v) is 5.25. The van der Waals surface area contributed by atoms with Crippen molar-refractivity contribution < 1.29 is 14.1 Å². The predicted octanol–water partition coefficient (Wildman–Crippen LogP) is 9.20. The zero-order valence-corrected chi connectivity index (χ0v) is 24.2. The molecular weight excluding hydrogens is 488 g/mol. The molecule has 0 saturated carbocycles. The zero-order valence-electron chi connectivity index (χ0n) is 23.3. The van der Waals surface area contributed by atoms with Gasteiger partial charge in [-0.25, -0.2) is 0 Å². The third-order valence-corrected chi connectivity index (χ3v) is 7.66. The second-order valence-electron chi connectivity index (χ2n) is 10.3. The number of hydrogen-bond acceptors (Lipinski definition) is 3. The van der Waals surface area contributed by atoms with E-state index in [0.29, 0.717) is 5.56 Å². The summed E-state index contributed by atoms with van der Waals surface area (Å²) in [5.41, 5.74) is 4.72. The normalized spacial score (nSPS) is 11.0. The van der Waals surface area contributed by atoms with Crippen molar-refractivity contribution in [1.82, 2.24) is 0 Å². The minimum Gasteiger partial charge on any atom is -0.494 e. The molecule has 0 atom stereocenters. The average molecular weight is 536 g/mol. The summed E-state index contributed by atoms with van der Waals surface area (Å²) in [7, 11) is 0. The third-order valence-electron chi connectivity index (χ3n) is 6.99. The molecule has 0 aliphatic carbocycles.